The molecule has 7 nitrogen and oxygen atoms in total. The molecule has 1 atom stereocenters. The maximum atomic E-state index is 15.1. The second-order valence-corrected chi connectivity index (χ2v) is 8.17. The first-order valence-corrected chi connectivity index (χ1v) is 10.7. The van der Waals surface area contributed by atoms with Crippen LogP contribution < -0.4 is 0 Å². The maximum absolute atomic E-state index is 15.1. The third-order valence-electron chi connectivity index (χ3n) is 6.03. The zero-order valence-corrected chi connectivity index (χ0v) is 18.8. The number of hydrogen-bond acceptors (Lipinski definition) is 5. The number of aromatic nitrogens is 4. The molecule has 0 saturated carbocycles. The van der Waals surface area contributed by atoms with E-state index in [1.54, 1.807) is 12.4 Å². The molecule has 0 unspecified atom stereocenters. The van der Waals surface area contributed by atoms with Crippen molar-refractivity contribution >= 4 is 17.0 Å². The fourth-order valence-corrected chi connectivity index (χ4v) is 4.31. The monoisotopic (exact) mass is 456 g/mol. The second-order valence-electron chi connectivity index (χ2n) is 8.17. The van der Waals surface area contributed by atoms with Gasteiger partial charge in [-0.05, 0) is 51.1 Å². The second kappa shape index (κ2) is 8.22. The van der Waals surface area contributed by atoms with Crippen LogP contribution in [0.2, 0.25) is 0 Å². The molecule has 0 spiro atoms. The van der Waals surface area contributed by atoms with Crippen LogP contribution in [0.1, 0.15) is 40.5 Å². The average molecular weight is 456 g/mol. The Kier molecular flexibility index (Phi) is 5.20. The van der Waals surface area contributed by atoms with E-state index in [2.05, 4.69) is 10.1 Å². The zero-order valence-electron chi connectivity index (χ0n) is 18.8. The Morgan fingerprint density at radius 3 is 2.59 bits per heavy atom. The Morgan fingerprint density at radius 2 is 1.94 bits per heavy atom. The molecule has 5 aromatic rings. The number of aryl methyl sites for hydroxylation is 2. The van der Waals surface area contributed by atoms with E-state index >= 15 is 4.39 Å². The van der Waals surface area contributed by atoms with Crippen LogP contribution in [-0.2, 0) is 0 Å². The lowest BCUT2D eigenvalue weighted by atomic mass is 10.0. The highest BCUT2D eigenvalue weighted by atomic mass is 19.1. The summed E-state index contributed by atoms with van der Waals surface area (Å²) in [6.45, 7) is 5.69. The third-order valence-corrected chi connectivity index (χ3v) is 6.03. The van der Waals surface area contributed by atoms with E-state index in [-0.39, 0.29) is 11.6 Å². The topological polar surface area (TPSA) is 94.0 Å². The molecule has 170 valence electrons. The van der Waals surface area contributed by atoms with Crippen molar-refractivity contribution in [1.82, 2.24) is 19.7 Å². The van der Waals surface area contributed by atoms with Crippen molar-refractivity contribution in [2.24, 2.45) is 0 Å². The summed E-state index contributed by atoms with van der Waals surface area (Å²) in [4.78, 5) is 20.5. The summed E-state index contributed by atoms with van der Waals surface area (Å²) < 4.78 is 22.4. The standard InChI is InChI=1S/C26H21FN4O3/c1-14-24(16(3)34-30-14)18-10-20-21(19-8-7-17(26(32)33)11-22(19)27)13-31(25(20)29-12-18)15(2)23-6-4-5-9-28-23/h4-13,15H,1-3H3,(H,32,33)/t15-/m0/s1. The molecule has 0 radical (unpaired) electrons. The number of carbonyl (C=O) groups is 1. The van der Waals surface area contributed by atoms with E-state index in [0.29, 0.717) is 22.5 Å². The Labute approximate surface area is 194 Å². The van der Waals surface area contributed by atoms with E-state index < -0.39 is 11.8 Å². The molecule has 0 saturated heterocycles. The number of hydrogen-bond donors (Lipinski definition) is 1. The highest BCUT2D eigenvalue weighted by Gasteiger charge is 2.22. The van der Waals surface area contributed by atoms with Gasteiger partial charge in [-0.15, -0.1) is 0 Å². The first-order valence-electron chi connectivity index (χ1n) is 10.7. The number of fused-ring (bicyclic) bond motifs is 1. The molecule has 1 aromatic carbocycles. The minimum Gasteiger partial charge on any atom is -0.478 e. The normalized spacial score (nSPS) is 12.2. The highest BCUT2D eigenvalue weighted by molar-refractivity contribution is 5.97. The molecule has 8 heteroatoms. The molecular formula is C26H21FN4O3. The molecule has 0 aliphatic heterocycles. The minimum absolute atomic E-state index is 0.110. The lowest BCUT2D eigenvalue weighted by Crippen LogP contribution is -2.07. The van der Waals surface area contributed by atoms with Gasteiger partial charge >= 0.3 is 5.97 Å². The van der Waals surface area contributed by atoms with Crippen LogP contribution in [0.5, 0.6) is 0 Å². The van der Waals surface area contributed by atoms with Crippen LogP contribution in [0.3, 0.4) is 0 Å². The SMILES string of the molecule is Cc1noc(C)c1-c1cnc2c(c1)c(-c1ccc(C(=O)O)cc1F)cn2[C@@H](C)c1ccccn1. The molecule has 34 heavy (non-hydrogen) atoms. The van der Waals surface area contributed by atoms with Crippen LogP contribution in [-0.4, -0.2) is 30.8 Å². The van der Waals surface area contributed by atoms with Crippen molar-refractivity contribution in [2.75, 3.05) is 0 Å². The van der Waals surface area contributed by atoms with Crippen LogP contribution >= 0.6 is 0 Å². The van der Waals surface area contributed by atoms with Crippen LogP contribution in [0, 0.1) is 19.7 Å². The number of nitrogens with zero attached hydrogens (tertiary/aromatic N) is 4. The van der Waals surface area contributed by atoms with Gasteiger partial charge in [0.25, 0.3) is 0 Å². The van der Waals surface area contributed by atoms with Gasteiger partial charge < -0.3 is 14.2 Å². The summed E-state index contributed by atoms with van der Waals surface area (Å²) in [6.07, 6.45) is 5.32. The van der Waals surface area contributed by atoms with Gasteiger partial charge in [-0.25, -0.2) is 14.2 Å². The van der Waals surface area contributed by atoms with Gasteiger partial charge in [-0.2, -0.15) is 0 Å². The molecule has 0 amide bonds. The summed E-state index contributed by atoms with van der Waals surface area (Å²) >= 11 is 0. The molecule has 4 aromatic heterocycles. The molecular weight excluding hydrogens is 435 g/mol. The van der Waals surface area contributed by atoms with Crippen molar-refractivity contribution in [3.05, 3.63) is 89.6 Å². The van der Waals surface area contributed by atoms with Gasteiger partial charge in [-0.3, -0.25) is 4.98 Å². The Bertz CT molecular complexity index is 1520. The van der Waals surface area contributed by atoms with Gasteiger partial charge in [0.1, 0.15) is 17.2 Å². The number of benzene rings is 1. The molecule has 5 rings (SSSR count). The molecule has 0 aliphatic rings. The van der Waals surface area contributed by atoms with Crippen molar-refractivity contribution < 1.29 is 18.8 Å². The van der Waals surface area contributed by atoms with E-state index in [1.165, 1.54) is 12.1 Å². The third kappa shape index (κ3) is 3.53. The van der Waals surface area contributed by atoms with E-state index in [4.69, 9.17) is 9.51 Å². The predicted octanol–water partition coefficient (Wildman–Crippen LogP) is 5.82. The molecule has 4 heterocycles. The van der Waals surface area contributed by atoms with Gasteiger partial charge in [0.2, 0.25) is 0 Å². The number of pyridine rings is 2. The zero-order chi connectivity index (χ0) is 24.0. The van der Waals surface area contributed by atoms with Gasteiger partial charge in [0.15, 0.2) is 0 Å². The molecule has 1 N–H and O–H groups in total. The number of aromatic carboxylic acids is 1. The van der Waals surface area contributed by atoms with Crippen LogP contribution in [0.25, 0.3) is 33.3 Å². The van der Waals surface area contributed by atoms with Crippen LogP contribution in [0.4, 0.5) is 4.39 Å². The van der Waals surface area contributed by atoms with Gasteiger partial charge in [0.05, 0.1) is 23.0 Å². The molecule has 0 fully saturated rings. The van der Waals surface area contributed by atoms with Crippen molar-refractivity contribution in [3.8, 4) is 22.3 Å². The van der Waals surface area contributed by atoms with Crippen LogP contribution in [0.15, 0.2) is 65.6 Å². The fraction of sp³-hybridized carbons (Fsp3) is 0.154. The fourth-order valence-electron chi connectivity index (χ4n) is 4.31. The summed E-state index contributed by atoms with van der Waals surface area (Å²) in [5.41, 5.74) is 4.66. The predicted molar refractivity (Wildman–Crippen MR) is 125 cm³/mol. The Balaban J connectivity index is 1.76. The van der Waals surface area contributed by atoms with Gasteiger partial charge in [-0.1, -0.05) is 17.3 Å². The number of carboxylic acids is 1. The number of halogens is 1. The summed E-state index contributed by atoms with van der Waals surface area (Å²) in [7, 11) is 0. The lowest BCUT2D eigenvalue weighted by molar-refractivity contribution is 0.0696. The van der Waals surface area contributed by atoms with E-state index in [1.807, 2.05) is 55.8 Å². The molecule has 0 bridgehead atoms. The van der Waals surface area contributed by atoms with E-state index in [0.717, 1.165) is 34.0 Å². The minimum atomic E-state index is -1.18. The van der Waals surface area contributed by atoms with Crippen molar-refractivity contribution in [2.45, 2.75) is 26.8 Å². The first-order chi connectivity index (χ1) is 16.3. The quantitative estimate of drug-likeness (QED) is 0.358. The van der Waals surface area contributed by atoms with Crippen molar-refractivity contribution in [3.63, 3.8) is 0 Å². The van der Waals surface area contributed by atoms with E-state index in [9.17, 15) is 9.90 Å². The first kappa shape index (κ1) is 21.5. The smallest absolute Gasteiger partial charge is 0.335 e. The average Bonchev–Trinajstić information content (AvgIpc) is 3.38. The number of carboxylic acid groups (broad SMARTS) is 1. The lowest BCUT2D eigenvalue weighted by Gasteiger charge is -2.14. The largest absolute Gasteiger partial charge is 0.478 e. The Morgan fingerprint density at radius 1 is 1.12 bits per heavy atom. The maximum Gasteiger partial charge on any atom is 0.335 e. The summed E-state index contributed by atoms with van der Waals surface area (Å²) in [5, 5.41) is 14.0. The van der Waals surface area contributed by atoms with Gasteiger partial charge in [0, 0.05) is 46.2 Å². The highest BCUT2D eigenvalue weighted by Crippen LogP contribution is 2.37. The molecule has 0 aliphatic carbocycles. The Hall–Kier alpha value is -4.33. The van der Waals surface area contributed by atoms with Crippen molar-refractivity contribution in [1.29, 1.82) is 0 Å². The summed E-state index contributed by atoms with van der Waals surface area (Å²) in [5.74, 6) is -1.13. The summed E-state index contributed by atoms with van der Waals surface area (Å²) in [6, 6.07) is 11.4. The number of rotatable bonds is 5.